The van der Waals surface area contributed by atoms with Gasteiger partial charge in [-0.1, -0.05) is 11.6 Å². The molecule has 1 unspecified atom stereocenters. The monoisotopic (exact) mass is 447 g/mol. The lowest BCUT2D eigenvalue weighted by Crippen LogP contribution is -2.23. The van der Waals surface area contributed by atoms with Crippen LogP contribution in [-0.4, -0.2) is 40.9 Å². The highest BCUT2D eigenvalue weighted by molar-refractivity contribution is 6.31. The summed E-state index contributed by atoms with van der Waals surface area (Å²) < 4.78 is 33.6. The molecule has 3 aromatic heterocycles. The van der Waals surface area contributed by atoms with E-state index in [1.165, 1.54) is 22.9 Å². The maximum absolute atomic E-state index is 13.9. The number of aliphatic hydroxyl groups is 1. The maximum atomic E-state index is 13.9. The van der Waals surface area contributed by atoms with E-state index in [0.29, 0.717) is 29.3 Å². The summed E-state index contributed by atoms with van der Waals surface area (Å²) in [5.41, 5.74) is 0.652. The second kappa shape index (κ2) is 10.3. The fourth-order valence-corrected chi connectivity index (χ4v) is 2.91. The zero-order chi connectivity index (χ0) is 23.3. The minimum Gasteiger partial charge on any atom is -0.492 e. The topological polar surface area (TPSA) is 94.3 Å². The van der Waals surface area contributed by atoms with Crippen molar-refractivity contribution >= 4 is 25.7 Å². The van der Waals surface area contributed by atoms with Gasteiger partial charge in [-0.2, -0.15) is 0 Å². The molecule has 3 rings (SSSR count). The van der Waals surface area contributed by atoms with E-state index in [9.17, 15) is 18.4 Å². The van der Waals surface area contributed by atoms with Crippen LogP contribution in [-0.2, 0) is 0 Å². The third-order valence-corrected chi connectivity index (χ3v) is 4.47. The number of hydrogen-bond acceptors (Lipinski definition) is 6. The number of hydrogen-bond donors (Lipinski definition) is 1. The highest BCUT2D eigenvalue weighted by Gasteiger charge is 2.20. The van der Waals surface area contributed by atoms with Crippen molar-refractivity contribution in [3.63, 3.8) is 0 Å². The number of aliphatic hydroxyl groups excluding tert-OH is 1. The van der Waals surface area contributed by atoms with Crippen LogP contribution < -0.4 is 10.3 Å². The van der Waals surface area contributed by atoms with E-state index in [0.717, 1.165) is 13.3 Å². The largest absolute Gasteiger partial charge is 0.492 e. The van der Waals surface area contributed by atoms with Gasteiger partial charge in [-0.25, -0.2) is 8.78 Å². The number of pyridine rings is 3. The molecule has 3 aromatic rings. The molecule has 3 heterocycles. The Labute approximate surface area is 182 Å². The van der Waals surface area contributed by atoms with Crippen molar-refractivity contribution < 1.29 is 23.4 Å². The predicted octanol–water partition coefficient (Wildman–Crippen LogP) is 2.84. The van der Waals surface area contributed by atoms with E-state index in [1.807, 2.05) is 0 Å². The molecule has 2 radical (unpaired) electrons. The maximum Gasteiger partial charge on any atom is 0.277 e. The fourth-order valence-electron chi connectivity index (χ4n) is 2.73. The van der Waals surface area contributed by atoms with E-state index in [4.69, 9.17) is 29.3 Å². The Morgan fingerprint density at radius 3 is 2.48 bits per heavy atom. The Morgan fingerprint density at radius 2 is 1.87 bits per heavy atom. The molecule has 0 aliphatic carbocycles. The van der Waals surface area contributed by atoms with Crippen molar-refractivity contribution in [3.8, 4) is 11.4 Å². The average Bonchev–Trinajstić information content (AvgIpc) is 2.74. The average molecular weight is 448 g/mol. The Balaban J connectivity index is 0.00000166. The van der Waals surface area contributed by atoms with Crippen molar-refractivity contribution in [2.75, 3.05) is 7.11 Å². The van der Waals surface area contributed by atoms with Gasteiger partial charge >= 0.3 is 0 Å². The van der Waals surface area contributed by atoms with Crippen LogP contribution in [0.25, 0.3) is 5.69 Å². The Hall–Kier alpha value is -3.11. The van der Waals surface area contributed by atoms with E-state index in [1.54, 1.807) is 13.8 Å². The van der Waals surface area contributed by atoms with Crippen LogP contribution in [0.2, 0.25) is 5.02 Å². The van der Waals surface area contributed by atoms with Crippen molar-refractivity contribution in [1.29, 1.82) is 0 Å². The molecule has 0 aliphatic rings. The van der Waals surface area contributed by atoms with Gasteiger partial charge in [0.1, 0.15) is 35.8 Å². The lowest BCUT2D eigenvalue weighted by atomic mass is 9.95. The first-order valence-electron chi connectivity index (χ1n) is 8.75. The molecule has 0 aliphatic heterocycles. The minimum atomic E-state index is -1.42. The predicted molar refractivity (Wildman–Crippen MR) is 111 cm³/mol. The SMILES string of the molecule is CO.[B]C(Oc1cc(C)n(-c2cc(C=O)ncc2C)c(=O)c1Cl)c1ncc(F)cc1F. The second-order valence-electron chi connectivity index (χ2n) is 6.18. The Bertz CT molecular complexity index is 1170. The summed E-state index contributed by atoms with van der Waals surface area (Å²) in [5, 5.41) is 6.69. The van der Waals surface area contributed by atoms with Crippen molar-refractivity contribution in [2.45, 2.75) is 19.9 Å². The van der Waals surface area contributed by atoms with Gasteiger partial charge in [-0.3, -0.25) is 24.1 Å². The minimum absolute atomic E-state index is 0.0919. The molecule has 31 heavy (non-hydrogen) atoms. The first-order valence-corrected chi connectivity index (χ1v) is 9.13. The van der Waals surface area contributed by atoms with Gasteiger partial charge in [0.05, 0.1) is 17.9 Å². The smallest absolute Gasteiger partial charge is 0.277 e. The first-order chi connectivity index (χ1) is 14.7. The van der Waals surface area contributed by atoms with Gasteiger partial charge in [0.2, 0.25) is 0 Å². The van der Waals surface area contributed by atoms with Crippen LogP contribution in [0.15, 0.2) is 35.4 Å². The summed E-state index contributed by atoms with van der Waals surface area (Å²) in [6, 6.07) is 2.09. The standard InChI is InChI=1S/C19H13BClF2N3O3.CH4O/c1-9-6-24-12(8-27)5-14(9)26-10(2)3-15(16(21)19(26)28)29-18(20)17-13(23)4-11(22)7-25-17;1-2/h3-8,18H,1-2H3;2H,1H3. The second-order valence-corrected chi connectivity index (χ2v) is 6.56. The number of aromatic nitrogens is 3. The molecule has 0 spiro atoms. The van der Waals surface area contributed by atoms with Gasteiger partial charge in [0.25, 0.3) is 5.56 Å². The summed E-state index contributed by atoms with van der Waals surface area (Å²) in [7, 11) is 6.80. The van der Waals surface area contributed by atoms with Crippen LogP contribution in [0.3, 0.4) is 0 Å². The summed E-state index contributed by atoms with van der Waals surface area (Å²) in [5.74, 6) is -1.95. The third-order valence-electron chi connectivity index (χ3n) is 4.12. The fraction of sp³-hybridized carbons (Fsp3) is 0.200. The van der Waals surface area contributed by atoms with Gasteiger partial charge in [-0.15, -0.1) is 0 Å². The van der Waals surface area contributed by atoms with Crippen LogP contribution in [0, 0.1) is 25.5 Å². The van der Waals surface area contributed by atoms with E-state index in [2.05, 4.69) is 9.97 Å². The van der Waals surface area contributed by atoms with E-state index < -0.39 is 23.2 Å². The number of rotatable bonds is 5. The zero-order valence-corrected chi connectivity index (χ0v) is 17.5. The molecule has 0 aromatic carbocycles. The molecule has 160 valence electrons. The number of nitrogens with zero attached hydrogens (tertiary/aromatic N) is 3. The summed E-state index contributed by atoms with van der Waals surface area (Å²) in [4.78, 5) is 31.4. The molecule has 11 heteroatoms. The molecule has 0 saturated heterocycles. The van der Waals surface area contributed by atoms with Crippen LogP contribution >= 0.6 is 11.6 Å². The molecule has 1 N–H and O–H groups in total. The quantitative estimate of drug-likeness (QED) is 0.477. The highest BCUT2D eigenvalue weighted by Crippen LogP contribution is 2.28. The Morgan fingerprint density at radius 1 is 1.19 bits per heavy atom. The van der Waals surface area contributed by atoms with Crippen LogP contribution in [0.4, 0.5) is 8.78 Å². The van der Waals surface area contributed by atoms with Gasteiger partial charge in [0, 0.05) is 31.1 Å². The lowest BCUT2D eigenvalue weighted by molar-refractivity contribution is 0.111. The number of halogens is 3. The third kappa shape index (κ3) is 5.15. The van der Waals surface area contributed by atoms with E-state index in [-0.39, 0.29) is 22.2 Å². The Kier molecular flexibility index (Phi) is 8.01. The van der Waals surface area contributed by atoms with Crippen molar-refractivity contribution in [1.82, 2.24) is 14.5 Å². The van der Waals surface area contributed by atoms with Gasteiger partial charge in [0.15, 0.2) is 12.1 Å². The van der Waals surface area contributed by atoms with Gasteiger partial charge < -0.3 is 9.84 Å². The molecule has 0 bridgehead atoms. The van der Waals surface area contributed by atoms with Crippen LogP contribution in [0.1, 0.15) is 33.4 Å². The number of carbonyl (C=O) groups excluding carboxylic acids is 1. The molecule has 0 fully saturated rings. The lowest BCUT2D eigenvalue weighted by Gasteiger charge is -2.19. The summed E-state index contributed by atoms with van der Waals surface area (Å²) >= 11 is 6.17. The number of carbonyl (C=O) groups is 1. The molecule has 1 atom stereocenters. The first kappa shape index (κ1) is 24.2. The molecule has 0 saturated carbocycles. The molecule has 7 nitrogen and oxygen atoms in total. The number of aryl methyl sites for hydroxylation is 2. The zero-order valence-electron chi connectivity index (χ0n) is 16.8. The van der Waals surface area contributed by atoms with E-state index >= 15 is 0 Å². The molecular formula is C20H17BClF2N3O4. The number of aldehydes is 1. The summed E-state index contributed by atoms with van der Waals surface area (Å²) in [6.45, 7) is 3.34. The number of ether oxygens (including phenoxy) is 1. The molecular weight excluding hydrogens is 430 g/mol. The summed E-state index contributed by atoms with van der Waals surface area (Å²) in [6.07, 6.45) is 2.82. The molecule has 0 amide bonds. The van der Waals surface area contributed by atoms with Crippen molar-refractivity contribution in [3.05, 3.63) is 80.2 Å². The normalized spacial score (nSPS) is 11.3. The van der Waals surface area contributed by atoms with Crippen LogP contribution in [0.5, 0.6) is 5.75 Å². The van der Waals surface area contributed by atoms with Gasteiger partial charge in [-0.05, 0) is 25.5 Å². The highest BCUT2D eigenvalue weighted by atomic mass is 35.5. The van der Waals surface area contributed by atoms with Crippen molar-refractivity contribution in [2.24, 2.45) is 0 Å².